The smallest absolute Gasteiger partial charge is 0.246 e. The average molecular weight is 585 g/mol. The van der Waals surface area contributed by atoms with Crippen LogP contribution in [0.2, 0.25) is 10.0 Å². The lowest BCUT2D eigenvalue weighted by Gasteiger charge is -2.36. The van der Waals surface area contributed by atoms with Crippen LogP contribution in [0.4, 0.5) is 0 Å². The van der Waals surface area contributed by atoms with Crippen LogP contribution in [0.5, 0.6) is 11.5 Å². The second-order valence-corrected chi connectivity index (χ2v) is 11.7. The largest absolute Gasteiger partial charge is 0.456 e. The highest BCUT2D eigenvalue weighted by molar-refractivity contribution is 7.89. The van der Waals surface area contributed by atoms with Crippen molar-refractivity contribution in [2.75, 3.05) is 65.6 Å². The van der Waals surface area contributed by atoms with Gasteiger partial charge in [-0.2, -0.15) is 9.57 Å². The van der Waals surface area contributed by atoms with Gasteiger partial charge < -0.3 is 19.7 Å². The van der Waals surface area contributed by atoms with Gasteiger partial charge in [-0.1, -0.05) is 23.2 Å². The Kier molecular flexibility index (Phi) is 9.47. The van der Waals surface area contributed by atoms with Crippen LogP contribution in [0.3, 0.4) is 0 Å². The first kappa shape index (κ1) is 27.9. The van der Waals surface area contributed by atoms with Gasteiger partial charge >= 0.3 is 0 Å². The van der Waals surface area contributed by atoms with Crippen LogP contribution < -0.4 is 10.1 Å². The van der Waals surface area contributed by atoms with Crippen LogP contribution in [0.15, 0.2) is 41.3 Å². The quantitative estimate of drug-likeness (QED) is 0.493. The molecule has 9 nitrogen and oxygen atoms in total. The molecular weight excluding hydrogens is 557 g/mol. The number of thiocarbonyl (C=S) groups is 1. The van der Waals surface area contributed by atoms with E-state index < -0.39 is 10.0 Å². The Hall–Kier alpha value is -2.17. The lowest BCUT2D eigenvalue weighted by molar-refractivity contribution is 0.0388. The summed E-state index contributed by atoms with van der Waals surface area (Å²) in [7, 11) is -3.96. The molecule has 0 amide bonds. The molecule has 198 valence electrons. The Balaban J connectivity index is 1.41. The Bertz CT molecular complexity index is 1250. The zero-order valence-electron chi connectivity index (χ0n) is 20.0. The lowest BCUT2D eigenvalue weighted by atomic mass is 10.2. The highest BCUT2D eigenvalue weighted by atomic mass is 35.5. The summed E-state index contributed by atoms with van der Waals surface area (Å²) in [6.45, 7) is 6.28. The summed E-state index contributed by atoms with van der Waals surface area (Å²) in [6.07, 6.45) is 0. The molecule has 0 spiro atoms. The van der Waals surface area contributed by atoms with Crippen molar-refractivity contribution in [2.24, 2.45) is 0 Å². The van der Waals surface area contributed by atoms with Crippen molar-refractivity contribution in [1.82, 2.24) is 19.4 Å². The Morgan fingerprint density at radius 3 is 2.38 bits per heavy atom. The number of nitriles is 1. The molecule has 2 aromatic carbocycles. The molecule has 2 aliphatic rings. The van der Waals surface area contributed by atoms with Crippen LogP contribution in [0, 0.1) is 11.3 Å². The monoisotopic (exact) mass is 583 g/mol. The minimum atomic E-state index is -3.96. The zero-order valence-corrected chi connectivity index (χ0v) is 23.2. The first-order chi connectivity index (χ1) is 17.8. The Morgan fingerprint density at radius 2 is 1.73 bits per heavy atom. The second-order valence-electron chi connectivity index (χ2n) is 8.56. The number of halogens is 2. The van der Waals surface area contributed by atoms with Gasteiger partial charge in [0.2, 0.25) is 10.0 Å². The number of hydrogen-bond donors (Lipinski definition) is 1. The SMILES string of the molecule is N#Cc1ccc(Oc2cc(Cl)cc(Cl)c2)c(S(=O)(=O)N2CCN(C(=S)NCCN3CCOCC3)CC2)c1. The number of hydrogen-bond acceptors (Lipinski definition) is 7. The van der Waals surface area contributed by atoms with Crippen LogP contribution in [-0.2, 0) is 14.8 Å². The van der Waals surface area contributed by atoms with E-state index in [4.69, 9.17) is 44.9 Å². The second kappa shape index (κ2) is 12.6. The topological polar surface area (TPSA) is 98.1 Å². The van der Waals surface area contributed by atoms with E-state index in [0.717, 1.165) is 32.8 Å². The Morgan fingerprint density at radius 1 is 1.05 bits per heavy atom. The third-order valence-electron chi connectivity index (χ3n) is 6.09. The van der Waals surface area contributed by atoms with E-state index in [2.05, 4.69) is 10.2 Å². The van der Waals surface area contributed by atoms with Crippen LogP contribution in [0.25, 0.3) is 0 Å². The molecular formula is C24H27Cl2N5O4S2. The normalized spacial score (nSPS) is 17.3. The Labute approximate surface area is 232 Å². The number of morpholine rings is 1. The minimum Gasteiger partial charge on any atom is -0.456 e. The molecule has 1 N–H and O–H groups in total. The molecule has 0 bridgehead atoms. The van der Waals surface area contributed by atoms with Crippen molar-refractivity contribution in [3.8, 4) is 17.6 Å². The molecule has 0 radical (unpaired) electrons. The average Bonchev–Trinajstić information content (AvgIpc) is 2.89. The predicted molar refractivity (Wildman–Crippen MR) is 146 cm³/mol. The third-order valence-corrected chi connectivity index (χ3v) is 8.85. The maximum Gasteiger partial charge on any atom is 0.246 e. The number of sulfonamides is 1. The fourth-order valence-electron chi connectivity index (χ4n) is 4.11. The first-order valence-electron chi connectivity index (χ1n) is 11.8. The molecule has 0 atom stereocenters. The number of ether oxygens (including phenoxy) is 2. The molecule has 2 saturated heterocycles. The molecule has 0 aromatic heterocycles. The van der Waals surface area contributed by atoms with Crippen LogP contribution >= 0.6 is 35.4 Å². The maximum absolute atomic E-state index is 13.6. The zero-order chi connectivity index (χ0) is 26.4. The van der Waals surface area contributed by atoms with Crippen LogP contribution in [-0.4, -0.2) is 93.2 Å². The third kappa shape index (κ3) is 7.23. The van der Waals surface area contributed by atoms with E-state index in [1.807, 2.05) is 11.0 Å². The van der Waals surface area contributed by atoms with Gasteiger partial charge in [-0.05, 0) is 48.6 Å². The molecule has 37 heavy (non-hydrogen) atoms. The fourth-order valence-corrected chi connectivity index (χ4v) is 6.46. The number of piperazine rings is 1. The molecule has 2 aliphatic heterocycles. The molecule has 2 heterocycles. The van der Waals surface area contributed by atoms with Crippen LogP contribution in [0.1, 0.15) is 5.56 Å². The van der Waals surface area contributed by atoms with Crippen molar-refractivity contribution < 1.29 is 17.9 Å². The highest BCUT2D eigenvalue weighted by Gasteiger charge is 2.32. The van der Waals surface area contributed by atoms with E-state index in [-0.39, 0.29) is 35.0 Å². The van der Waals surface area contributed by atoms with Gasteiger partial charge in [0, 0.05) is 62.4 Å². The number of rotatable bonds is 7. The molecule has 0 unspecified atom stereocenters. The van der Waals surface area contributed by atoms with Crippen molar-refractivity contribution in [1.29, 1.82) is 5.26 Å². The van der Waals surface area contributed by atoms with E-state index in [9.17, 15) is 13.7 Å². The number of nitrogens with one attached hydrogen (secondary N) is 1. The van der Waals surface area contributed by atoms with Crippen molar-refractivity contribution in [3.63, 3.8) is 0 Å². The number of benzene rings is 2. The van der Waals surface area contributed by atoms with Gasteiger partial charge in [0.05, 0.1) is 24.8 Å². The van der Waals surface area contributed by atoms with E-state index in [1.165, 1.54) is 34.6 Å². The summed E-state index contributed by atoms with van der Waals surface area (Å²) in [6, 6.07) is 10.9. The van der Waals surface area contributed by atoms with E-state index >= 15 is 0 Å². The van der Waals surface area contributed by atoms with E-state index in [1.54, 1.807) is 6.07 Å². The first-order valence-corrected chi connectivity index (χ1v) is 14.4. The molecule has 0 saturated carbocycles. The van der Waals surface area contributed by atoms with Gasteiger partial charge in [-0.25, -0.2) is 8.42 Å². The van der Waals surface area contributed by atoms with Gasteiger partial charge in [-0.3, -0.25) is 4.90 Å². The maximum atomic E-state index is 13.6. The fraction of sp³-hybridized carbons (Fsp3) is 0.417. The molecule has 2 fully saturated rings. The minimum absolute atomic E-state index is 0.0834. The van der Waals surface area contributed by atoms with Gasteiger partial charge in [0.15, 0.2) is 5.11 Å². The highest BCUT2D eigenvalue weighted by Crippen LogP contribution is 2.34. The summed E-state index contributed by atoms with van der Waals surface area (Å²) in [5.74, 6) is 0.372. The van der Waals surface area contributed by atoms with E-state index in [0.29, 0.717) is 34.8 Å². The lowest BCUT2D eigenvalue weighted by Crippen LogP contribution is -2.53. The molecule has 0 aliphatic carbocycles. The summed E-state index contributed by atoms with van der Waals surface area (Å²) >= 11 is 17.7. The van der Waals surface area contributed by atoms with Gasteiger partial charge in [-0.15, -0.1) is 0 Å². The van der Waals surface area contributed by atoms with Crippen molar-refractivity contribution in [3.05, 3.63) is 52.0 Å². The summed E-state index contributed by atoms with van der Waals surface area (Å²) in [4.78, 5) is 4.19. The summed E-state index contributed by atoms with van der Waals surface area (Å²) < 4.78 is 39.9. The predicted octanol–water partition coefficient (Wildman–Crippen LogP) is 3.17. The summed E-state index contributed by atoms with van der Waals surface area (Å²) in [5, 5.41) is 14.0. The molecule has 4 rings (SSSR count). The molecule has 13 heteroatoms. The van der Waals surface area contributed by atoms with Crippen molar-refractivity contribution >= 4 is 50.6 Å². The van der Waals surface area contributed by atoms with Gasteiger partial charge in [0.25, 0.3) is 0 Å². The molecule has 2 aromatic rings. The van der Waals surface area contributed by atoms with Gasteiger partial charge in [0.1, 0.15) is 16.4 Å². The number of nitrogens with zero attached hydrogens (tertiary/aromatic N) is 4. The van der Waals surface area contributed by atoms with Crippen molar-refractivity contribution in [2.45, 2.75) is 4.90 Å². The summed E-state index contributed by atoms with van der Waals surface area (Å²) in [5.41, 5.74) is 0.208. The standard InChI is InChI=1S/C24H27Cl2N5O4S2/c25-19-14-20(26)16-21(15-19)35-22-2-1-18(17-27)13-23(22)37(32,33)31-7-5-30(6-8-31)24(36)28-3-4-29-9-11-34-12-10-29/h1-2,13-16H,3-12H2,(H,28,36).